The lowest BCUT2D eigenvalue weighted by Crippen LogP contribution is -2.11. The second-order valence-electron chi connectivity index (χ2n) is 2.79. The molecular weight excluding hydrogens is 224 g/mol. The van der Waals surface area contributed by atoms with Gasteiger partial charge in [0.15, 0.2) is 5.82 Å². The molecule has 1 unspecified atom stereocenters. The van der Waals surface area contributed by atoms with Crippen LogP contribution >= 0.6 is 23.2 Å². The molecule has 1 rings (SSSR count). The van der Waals surface area contributed by atoms with Gasteiger partial charge in [0, 0.05) is 5.69 Å². The SMILES string of the molecule is C#CC(C)Nc1cc(Cl)c(F)c(Cl)c1. The topological polar surface area (TPSA) is 12.0 Å². The van der Waals surface area contributed by atoms with Crippen LogP contribution in [0.5, 0.6) is 0 Å². The maximum atomic E-state index is 13.0. The number of hydrogen-bond donors (Lipinski definition) is 1. The maximum Gasteiger partial charge on any atom is 0.160 e. The molecule has 1 nitrogen and oxygen atoms in total. The molecule has 1 N–H and O–H groups in total. The van der Waals surface area contributed by atoms with E-state index in [0.29, 0.717) is 5.69 Å². The number of benzene rings is 1. The standard InChI is InChI=1S/C10H8Cl2FN/c1-3-6(2)14-7-4-8(11)10(13)9(12)5-7/h1,4-6,14H,2H3. The fourth-order valence-electron chi connectivity index (χ4n) is 0.931. The van der Waals surface area contributed by atoms with Crippen LogP contribution in [0.15, 0.2) is 12.1 Å². The van der Waals surface area contributed by atoms with Crippen molar-refractivity contribution in [3.63, 3.8) is 0 Å². The Balaban J connectivity index is 2.97. The summed E-state index contributed by atoms with van der Waals surface area (Å²) >= 11 is 11.2. The van der Waals surface area contributed by atoms with Gasteiger partial charge in [-0.25, -0.2) is 4.39 Å². The third-order valence-corrected chi connectivity index (χ3v) is 2.17. The van der Waals surface area contributed by atoms with Crippen molar-refractivity contribution in [2.24, 2.45) is 0 Å². The summed E-state index contributed by atoms with van der Waals surface area (Å²) < 4.78 is 13.0. The highest BCUT2D eigenvalue weighted by Gasteiger charge is 2.08. The highest BCUT2D eigenvalue weighted by atomic mass is 35.5. The Kier molecular flexibility index (Phi) is 3.62. The van der Waals surface area contributed by atoms with Crippen LogP contribution in [0, 0.1) is 18.2 Å². The molecule has 14 heavy (non-hydrogen) atoms. The molecular formula is C10H8Cl2FN. The second kappa shape index (κ2) is 4.54. The van der Waals surface area contributed by atoms with Crippen molar-refractivity contribution < 1.29 is 4.39 Å². The first-order valence-electron chi connectivity index (χ1n) is 3.92. The number of nitrogens with one attached hydrogen (secondary N) is 1. The Labute approximate surface area is 92.2 Å². The first kappa shape index (κ1) is 11.2. The van der Waals surface area contributed by atoms with Crippen LogP contribution in [0.1, 0.15) is 6.92 Å². The lowest BCUT2D eigenvalue weighted by molar-refractivity contribution is 0.629. The van der Waals surface area contributed by atoms with E-state index in [2.05, 4.69) is 11.2 Å². The van der Waals surface area contributed by atoms with Gasteiger partial charge in [0.1, 0.15) is 0 Å². The van der Waals surface area contributed by atoms with Crippen LogP contribution in [0.2, 0.25) is 10.0 Å². The van der Waals surface area contributed by atoms with E-state index in [-0.39, 0.29) is 16.1 Å². The number of halogens is 3. The van der Waals surface area contributed by atoms with E-state index in [1.807, 2.05) is 0 Å². The Morgan fingerprint density at radius 1 is 1.43 bits per heavy atom. The molecule has 1 aromatic carbocycles. The van der Waals surface area contributed by atoms with E-state index >= 15 is 0 Å². The average molecular weight is 232 g/mol. The second-order valence-corrected chi connectivity index (χ2v) is 3.60. The number of anilines is 1. The molecule has 0 radical (unpaired) electrons. The van der Waals surface area contributed by atoms with Crippen molar-refractivity contribution in [3.8, 4) is 12.3 Å². The molecule has 1 atom stereocenters. The molecule has 4 heteroatoms. The highest BCUT2D eigenvalue weighted by molar-refractivity contribution is 6.35. The van der Waals surface area contributed by atoms with Gasteiger partial charge in [-0.1, -0.05) is 29.1 Å². The van der Waals surface area contributed by atoms with Gasteiger partial charge in [0.05, 0.1) is 16.1 Å². The Hall–Kier alpha value is -0.910. The summed E-state index contributed by atoms with van der Waals surface area (Å²) in [6, 6.07) is 2.72. The fourth-order valence-corrected chi connectivity index (χ4v) is 1.42. The summed E-state index contributed by atoms with van der Waals surface area (Å²) in [4.78, 5) is 0. The zero-order valence-electron chi connectivity index (χ0n) is 7.44. The Morgan fingerprint density at radius 3 is 2.36 bits per heavy atom. The van der Waals surface area contributed by atoms with Gasteiger partial charge in [-0.2, -0.15) is 0 Å². The molecule has 1 aromatic rings. The van der Waals surface area contributed by atoms with Crippen molar-refractivity contribution in [1.82, 2.24) is 0 Å². The normalized spacial score (nSPS) is 11.9. The molecule has 0 amide bonds. The van der Waals surface area contributed by atoms with Crippen LogP contribution in [-0.2, 0) is 0 Å². The van der Waals surface area contributed by atoms with Crippen molar-refractivity contribution in [1.29, 1.82) is 0 Å². The van der Waals surface area contributed by atoms with Crippen LogP contribution in [0.4, 0.5) is 10.1 Å². The first-order chi connectivity index (χ1) is 6.54. The lowest BCUT2D eigenvalue weighted by atomic mass is 10.2. The first-order valence-corrected chi connectivity index (χ1v) is 4.67. The van der Waals surface area contributed by atoms with E-state index in [1.54, 1.807) is 6.92 Å². The molecule has 74 valence electrons. The molecule has 0 aliphatic heterocycles. The van der Waals surface area contributed by atoms with Crippen molar-refractivity contribution >= 4 is 28.9 Å². The minimum absolute atomic E-state index is 0.0239. The van der Waals surface area contributed by atoms with Gasteiger partial charge < -0.3 is 5.32 Å². The number of hydrogen-bond acceptors (Lipinski definition) is 1. The van der Waals surface area contributed by atoms with Gasteiger partial charge in [0.25, 0.3) is 0 Å². The van der Waals surface area contributed by atoms with Gasteiger partial charge in [0.2, 0.25) is 0 Å². The lowest BCUT2D eigenvalue weighted by Gasteiger charge is -2.10. The molecule has 0 heterocycles. The summed E-state index contributed by atoms with van der Waals surface area (Å²) in [5.41, 5.74) is 0.604. The highest BCUT2D eigenvalue weighted by Crippen LogP contribution is 2.27. The molecule has 0 aliphatic rings. The summed E-state index contributed by atoms with van der Waals surface area (Å²) in [5.74, 6) is 1.86. The van der Waals surface area contributed by atoms with E-state index in [0.717, 1.165) is 0 Å². The van der Waals surface area contributed by atoms with E-state index in [9.17, 15) is 4.39 Å². The fraction of sp³-hybridized carbons (Fsp3) is 0.200. The average Bonchev–Trinajstić information content (AvgIpc) is 2.14. The molecule has 0 saturated carbocycles. The summed E-state index contributed by atoms with van der Waals surface area (Å²) in [6.07, 6.45) is 5.17. The molecule has 0 spiro atoms. The molecule has 0 aliphatic carbocycles. The number of terminal acetylenes is 1. The monoisotopic (exact) mass is 231 g/mol. The zero-order chi connectivity index (χ0) is 10.7. The van der Waals surface area contributed by atoms with Crippen molar-refractivity contribution in [2.75, 3.05) is 5.32 Å². The van der Waals surface area contributed by atoms with Crippen molar-refractivity contribution in [2.45, 2.75) is 13.0 Å². The number of rotatable bonds is 2. The molecule has 0 aromatic heterocycles. The Bertz CT molecular complexity index is 361. The van der Waals surface area contributed by atoms with Crippen LogP contribution in [0.25, 0.3) is 0 Å². The summed E-state index contributed by atoms with van der Waals surface area (Å²) in [5, 5.41) is 2.88. The van der Waals surface area contributed by atoms with Crippen LogP contribution in [0.3, 0.4) is 0 Å². The van der Waals surface area contributed by atoms with E-state index in [1.165, 1.54) is 12.1 Å². The van der Waals surface area contributed by atoms with E-state index < -0.39 is 5.82 Å². The third kappa shape index (κ3) is 2.54. The van der Waals surface area contributed by atoms with E-state index in [4.69, 9.17) is 29.6 Å². The van der Waals surface area contributed by atoms with Gasteiger partial charge in [-0.15, -0.1) is 6.42 Å². The largest absolute Gasteiger partial charge is 0.372 e. The smallest absolute Gasteiger partial charge is 0.160 e. The van der Waals surface area contributed by atoms with Gasteiger partial charge in [-0.05, 0) is 19.1 Å². The Morgan fingerprint density at radius 2 is 1.93 bits per heavy atom. The molecule has 0 fully saturated rings. The third-order valence-electron chi connectivity index (χ3n) is 1.62. The van der Waals surface area contributed by atoms with Crippen LogP contribution in [-0.4, -0.2) is 6.04 Å². The molecule has 0 bridgehead atoms. The summed E-state index contributed by atoms with van der Waals surface area (Å²) in [6.45, 7) is 1.80. The van der Waals surface area contributed by atoms with Crippen LogP contribution < -0.4 is 5.32 Å². The van der Waals surface area contributed by atoms with Gasteiger partial charge in [-0.3, -0.25) is 0 Å². The predicted octanol–water partition coefficient (Wildman–Crippen LogP) is 3.57. The zero-order valence-corrected chi connectivity index (χ0v) is 8.96. The van der Waals surface area contributed by atoms with Crippen molar-refractivity contribution in [3.05, 3.63) is 28.0 Å². The maximum absolute atomic E-state index is 13.0. The van der Waals surface area contributed by atoms with Gasteiger partial charge >= 0.3 is 0 Å². The minimum Gasteiger partial charge on any atom is -0.372 e. The quantitative estimate of drug-likeness (QED) is 0.607. The molecule has 0 saturated heterocycles. The predicted molar refractivity (Wildman–Crippen MR) is 58.3 cm³/mol. The minimum atomic E-state index is -0.618. The summed E-state index contributed by atoms with van der Waals surface area (Å²) in [7, 11) is 0.